The summed E-state index contributed by atoms with van der Waals surface area (Å²) in [6.45, 7) is 2.08. The predicted octanol–water partition coefficient (Wildman–Crippen LogP) is 3.09. The van der Waals surface area contributed by atoms with E-state index in [1.165, 1.54) is 5.56 Å². The zero-order chi connectivity index (χ0) is 10.9. The minimum absolute atomic E-state index is 0.660. The summed E-state index contributed by atoms with van der Waals surface area (Å²) in [5.41, 5.74) is 1.32. The van der Waals surface area contributed by atoms with Crippen molar-refractivity contribution in [1.29, 1.82) is 0 Å². The molecule has 2 heteroatoms. The van der Waals surface area contributed by atoms with Crippen LogP contribution in [0.3, 0.4) is 0 Å². The lowest BCUT2D eigenvalue weighted by molar-refractivity contribution is 0.398. The second-order valence-electron chi connectivity index (χ2n) is 3.03. The third-order valence-corrected chi connectivity index (χ3v) is 1.79. The number of aryl methyl sites for hydroxylation is 1. The molecule has 2 nitrogen and oxygen atoms in total. The van der Waals surface area contributed by atoms with Crippen molar-refractivity contribution in [1.82, 2.24) is 4.98 Å². The molecule has 78 valence electrons. The number of pyridine rings is 1. The number of aromatic nitrogens is 1. The van der Waals surface area contributed by atoms with Crippen molar-refractivity contribution in [3.8, 4) is 5.88 Å². The second-order valence-corrected chi connectivity index (χ2v) is 3.03. The van der Waals surface area contributed by atoms with E-state index in [0.29, 0.717) is 5.88 Å². The molecular weight excluding hydrogens is 186 g/mol. The van der Waals surface area contributed by atoms with Crippen LogP contribution >= 0.6 is 0 Å². The molecule has 0 aliphatic carbocycles. The first-order valence-electron chi connectivity index (χ1n) is 4.79. The van der Waals surface area contributed by atoms with Crippen molar-refractivity contribution in [2.24, 2.45) is 0 Å². The number of rotatable bonds is 1. The third-order valence-electron chi connectivity index (χ3n) is 1.79. The average Bonchev–Trinajstić information content (AvgIpc) is 2.32. The molecule has 0 radical (unpaired) electrons. The van der Waals surface area contributed by atoms with Gasteiger partial charge in [-0.05, 0) is 13.0 Å². The van der Waals surface area contributed by atoms with Gasteiger partial charge in [-0.25, -0.2) is 4.98 Å². The normalized spacial score (nSPS) is 8.67. The van der Waals surface area contributed by atoms with Crippen LogP contribution in [-0.2, 0) is 0 Å². The molecule has 0 aliphatic heterocycles. The first-order chi connectivity index (χ1) is 7.33. The van der Waals surface area contributed by atoms with E-state index in [0.717, 1.165) is 0 Å². The molecule has 0 atom stereocenters. The summed E-state index contributed by atoms with van der Waals surface area (Å²) in [4.78, 5) is 3.88. The van der Waals surface area contributed by atoms with Gasteiger partial charge in [0.25, 0.3) is 0 Å². The monoisotopic (exact) mass is 201 g/mol. The summed E-state index contributed by atoms with van der Waals surface area (Å²) in [7, 11) is 1.60. The Bertz CT molecular complexity index is 359. The highest BCUT2D eigenvalue weighted by Crippen LogP contribution is 1.99. The lowest BCUT2D eigenvalue weighted by Crippen LogP contribution is -1.83. The molecule has 0 unspecified atom stereocenters. The Kier molecular flexibility index (Phi) is 4.95. The van der Waals surface area contributed by atoms with Gasteiger partial charge in [-0.1, -0.05) is 42.0 Å². The van der Waals surface area contributed by atoms with Crippen LogP contribution < -0.4 is 4.74 Å². The minimum Gasteiger partial charge on any atom is -0.481 e. The van der Waals surface area contributed by atoms with Crippen LogP contribution in [0.2, 0.25) is 0 Å². The Labute approximate surface area is 90.6 Å². The van der Waals surface area contributed by atoms with E-state index in [4.69, 9.17) is 4.74 Å². The van der Waals surface area contributed by atoms with Gasteiger partial charge in [-0.2, -0.15) is 0 Å². The summed E-state index contributed by atoms with van der Waals surface area (Å²) in [5.74, 6) is 0.660. The zero-order valence-electron chi connectivity index (χ0n) is 9.05. The molecule has 0 saturated heterocycles. The van der Waals surface area contributed by atoms with Crippen molar-refractivity contribution >= 4 is 0 Å². The van der Waals surface area contributed by atoms with Gasteiger partial charge in [0.1, 0.15) is 0 Å². The van der Waals surface area contributed by atoms with Crippen LogP contribution in [0.15, 0.2) is 54.7 Å². The second kappa shape index (κ2) is 6.60. The van der Waals surface area contributed by atoms with E-state index in [1.807, 2.05) is 30.3 Å². The topological polar surface area (TPSA) is 22.1 Å². The summed E-state index contributed by atoms with van der Waals surface area (Å²) in [5, 5.41) is 0. The molecule has 0 aliphatic rings. The molecule has 1 aromatic heterocycles. The Balaban J connectivity index is 0.000000151. The highest BCUT2D eigenvalue weighted by molar-refractivity contribution is 5.11. The molecule has 1 heterocycles. The van der Waals surface area contributed by atoms with Crippen molar-refractivity contribution in [2.45, 2.75) is 6.92 Å². The lowest BCUT2D eigenvalue weighted by atomic mass is 10.2. The predicted molar refractivity (Wildman–Crippen MR) is 62.0 cm³/mol. The first kappa shape index (κ1) is 11.2. The first-order valence-corrected chi connectivity index (χ1v) is 4.79. The highest BCUT2D eigenvalue weighted by atomic mass is 16.5. The fourth-order valence-electron chi connectivity index (χ4n) is 1.00. The summed E-state index contributed by atoms with van der Waals surface area (Å²) in [6, 6.07) is 15.8. The summed E-state index contributed by atoms with van der Waals surface area (Å²) in [6.07, 6.45) is 1.69. The van der Waals surface area contributed by atoms with Crippen molar-refractivity contribution < 1.29 is 4.74 Å². The molecule has 0 spiro atoms. The number of hydrogen-bond acceptors (Lipinski definition) is 2. The van der Waals surface area contributed by atoms with E-state index < -0.39 is 0 Å². The maximum absolute atomic E-state index is 4.80. The molecule has 1 aromatic carbocycles. The number of nitrogens with zero attached hydrogens (tertiary/aromatic N) is 1. The van der Waals surface area contributed by atoms with Crippen LogP contribution in [0.5, 0.6) is 5.88 Å². The minimum atomic E-state index is 0.660. The Morgan fingerprint density at radius 3 is 1.93 bits per heavy atom. The van der Waals surface area contributed by atoms with E-state index in [2.05, 4.69) is 24.0 Å². The molecule has 0 fully saturated rings. The van der Waals surface area contributed by atoms with Crippen LogP contribution in [0.25, 0.3) is 0 Å². The van der Waals surface area contributed by atoms with Crippen LogP contribution in [0.1, 0.15) is 5.56 Å². The van der Waals surface area contributed by atoms with Gasteiger partial charge in [-0.3, -0.25) is 0 Å². The van der Waals surface area contributed by atoms with E-state index in [1.54, 1.807) is 19.4 Å². The summed E-state index contributed by atoms with van der Waals surface area (Å²) >= 11 is 0. The van der Waals surface area contributed by atoms with E-state index >= 15 is 0 Å². The van der Waals surface area contributed by atoms with Gasteiger partial charge in [0.05, 0.1) is 7.11 Å². The van der Waals surface area contributed by atoms with E-state index in [9.17, 15) is 0 Å². The van der Waals surface area contributed by atoms with Crippen molar-refractivity contribution in [3.63, 3.8) is 0 Å². The van der Waals surface area contributed by atoms with Crippen LogP contribution in [0, 0.1) is 6.92 Å². The van der Waals surface area contributed by atoms with Gasteiger partial charge in [0.2, 0.25) is 5.88 Å². The Hall–Kier alpha value is -1.83. The van der Waals surface area contributed by atoms with Gasteiger partial charge in [-0.15, -0.1) is 0 Å². The molecule has 0 saturated carbocycles. The number of benzene rings is 1. The van der Waals surface area contributed by atoms with Crippen molar-refractivity contribution in [3.05, 3.63) is 60.3 Å². The molecule has 2 aromatic rings. The number of methoxy groups -OCH3 is 1. The largest absolute Gasteiger partial charge is 0.481 e. The van der Waals surface area contributed by atoms with E-state index in [-0.39, 0.29) is 0 Å². The fraction of sp³-hybridized carbons (Fsp3) is 0.154. The van der Waals surface area contributed by atoms with Gasteiger partial charge in [0.15, 0.2) is 0 Å². The van der Waals surface area contributed by atoms with Gasteiger partial charge in [0, 0.05) is 12.3 Å². The third kappa shape index (κ3) is 4.81. The van der Waals surface area contributed by atoms with Crippen molar-refractivity contribution in [2.75, 3.05) is 7.11 Å². The molecule has 15 heavy (non-hydrogen) atoms. The average molecular weight is 201 g/mol. The zero-order valence-corrected chi connectivity index (χ0v) is 9.05. The molecular formula is C13H15NO. The number of hydrogen-bond donors (Lipinski definition) is 0. The van der Waals surface area contributed by atoms with Gasteiger partial charge < -0.3 is 4.74 Å². The van der Waals surface area contributed by atoms with Crippen LogP contribution in [-0.4, -0.2) is 12.1 Å². The Morgan fingerprint density at radius 2 is 1.60 bits per heavy atom. The lowest BCUT2D eigenvalue weighted by Gasteiger charge is -1.92. The summed E-state index contributed by atoms with van der Waals surface area (Å²) < 4.78 is 4.80. The van der Waals surface area contributed by atoms with Gasteiger partial charge >= 0.3 is 0 Å². The molecule has 0 bridgehead atoms. The maximum atomic E-state index is 4.80. The highest BCUT2D eigenvalue weighted by Gasteiger charge is 1.82. The number of ether oxygens (including phenoxy) is 1. The standard InChI is InChI=1S/C7H8.C6H7NO/c1-7-5-3-2-4-6-7;1-8-6-4-2-3-5-7-6/h2-6H,1H3;2-5H,1H3. The fourth-order valence-corrected chi connectivity index (χ4v) is 1.00. The molecule has 0 amide bonds. The maximum Gasteiger partial charge on any atom is 0.212 e. The SMILES string of the molecule is COc1ccccn1.Cc1ccccc1. The molecule has 2 rings (SSSR count). The quantitative estimate of drug-likeness (QED) is 0.707. The smallest absolute Gasteiger partial charge is 0.212 e. The van der Waals surface area contributed by atoms with Crippen LogP contribution in [0.4, 0.5) is 0 Å². The molecule has 0 N–H and O–H groups in total. The Morgan fingerprint density at radius 1 is 0.933 bits per heavy atom.